The Kier molecular flexibility index (Phi) is 4.27. The summed E-state index contributed by atoms with van der Waals surface area (Å²) in [6.07, 6.45) is 4.46. The van der Waals surface area contributed by atoms with Gasteiger partial charge in [-0.15, -0.1) is 0 Å². The van der Waals surface area contributed by atoms with Crippen LogP contribution in [0.3, 0.4) is 0 Å². The van der Waals surface area contributed by atoms with Crippen LogP contribution in [0, 0.1) is 6.92 Å². The fourth-order valence-corrected chi connectivity index (χ4v) is 2.79. The van der Waals surface area contributed by atoms with E-state index in [-0.39, 0.29) is 0 Å². The molecule has 0 unspecified atom stereocenters. The summed E-state index contributed by atoms with van der Waals surface area (Å²) < 4.78 is 1.02. The predicted octanol–water partition coefficient (Wildman–Crippen LogP) is 4.17. The molecule has 110 valence electrons. The number of halogens is 1. The lowest BCUT2D eigenvalue weighted by Crippen LogP contribution is -2.20. The van der Waals surface area contributed by atoms with Crippen molar-refractivity contribution in [1.82, 2.24) is 10.3 Å². The van der Waals surface area contributed by atoms with Crippen molar-refractivity contribution in [2.24, 2.45) is 0 Å². The van der Waals surface area contributed by atoms with E-state index in [0.29, 0.717) is 6.04 Å². The van der Waals surface area contributed by atoms with Gasteiger partial charge in [-0.05, 0) is 59.5 Å². The highest BCUT2D eigenvalue weighted by molar-refractivity contribution is 9.10. The molecule has 4 heteroatoms. The summed E-state index contributed by atoms with van der Waals surface area (Å²) in [6.45, 7) is 2.98. The van der Waals surface area contributed by atoms with E-state index in [2.05, 4.69) is 75.4 Å². The number of anilines is 2. The van der Waals surface area contributed by atoms with Crippen LogP contribution < -0.4 is 10.2 Å². The van der Waals surface area contributed by atoms with Gasteiger partial charge in [-0.1, -0.05) is 12.1 Å². The molecule has 1 heterocycles. The molecular weight excluding hydrogens is 326 g/mol. The van der Waals surface area contributed by atoms with Crippen LogP contribution in [0.15, 0.2) is 41.0 Å². The standard InChI is InChI=1S/C17H20BrN3/c1-12-4-3-5-16(8-12)21(2)17-13(9-14(18)11-20-17)10-19-15-6-7-15/h3-5,8-9,11,15,19H,6-7,10H2,1-2H3. The van der Waals surface area contributed by atoms with Crippen molar-refractivity contribution in [2.75, 3.05) is 11.9 Å². The first-order chi connectivity index (χ1) is 10.1. The van der Waals surface area contributed by atoms with Gasteiger partial charge in [0.1, 0.15) is 5.82 Å². The number of nitrogens with one attached hydrogen (secondary N) is 1. The monoisotopic (exact) mass is 345 g/mol. The highest BCUT2D eigenvalue weighted by Crippen LogP contribution is 2.28. The number of hydrogen-bond donors (Lipinski definition) is 1. The van der Waals surface area contributed by atoms with Gasteiger partial charge in [0.15, 0.2) is 0 Å². The van der Waals surface area contributed by atoms with E-state index in [0.717, 1.165) is 22.5 Å². The summed E-state index contributed by atoms with van der Waals surface area (Å²) in [5.74, 6) is 1.01. The maximum absolute atomic E-state index is 4.62. The van der Waals surface area contributed by atoms with Crippen molar-refractivity contribution < 1.29 is 0 Å². The van der Waals surface area contributed by atoms with Gasteiger partial charge >= 0.3 is 0 Å². The van der Waals surface area contributed by atoms with E-state index in [4.69, 9.17) is 0 Å². The molecular formula is C17H20BrN3. The Hall–Kier alpha value is -1.39. The number of hydrogen-bond acceptors (Lipinski definition) is 3. The summed E-state index contributed by atoms with van der Waals surface area (Å²) in [4.78, 5) is 6.78. The second-order valence-electron chi connectivity index (χ2n) is 5.69. The first-order valence-corrected chi connectivity index (χ1v) is 8.11. The highest BCUT2D eigenvalue weighted by Gasteiger charge is 2.21. The van der Waals surface area contributed by atoms with Gasteiger partial charge in [-0.3, -0.25) is 0 Å². The van der Waals surface area contributed by atoms with Crippen LogP contribution in [0.4, 0.5) is 11.5 Å². The number of aromatic nitrogens is 1. The fourth-order valence-electron chi connectivity index (χ4n) is 2.41. The molecule has 1 aliphatic rings. The Balaban J connectivity index is 1.88. The van der Waals surface area contributed by atoms with Gasteiger partial charge < -0.3 is 10.2 Å². The second-order valence-corrected chi connectivity index (χ2v) is 6.61. The van der Waals surface area contributed by atoms with Crippen LogP contribution in [-0.2, 0) is 6.54 Å². The van der Waals surface area contributed by atoms with Crippen LogP contribution in [-0.4, -0.2) is 18.1 Å². The summed E-state index contributed by atoms with van der Waals surface area (Å²) in [7, 11) is 2.08. The third-order valence-corrected chi connectivity index (χ3v) is 4.21. The van der Waals surface area contributed by atoms with Crippen molar-refractivity contribution in [2.45, 2.75) is 32.4 Å². The predicted molar refractivity (Wildman–Crippen MR) is 91.0 cm³/mol. The quantitative estimate of drug-likeness (QED) is 0.881. The van der Waals surface area contributed by atoms with E-state index in [1.165, 1.54) is 24.0 Å². The molecule has 0 spiro atoms. The molecule has 1 N–H and O–H groups in total. The number of rotatable bonds is 5. The lowest BCUT2D eigenvalue weighted by Gasteiger charge is -2.22. The van der Waals surface area contributed by atoms with E-state index >= 15 is 0 Å². The largest absolute Gasteiger partial charge is 0.329 e. The molecule has 0 saturated heterocycles. The zero-order chi connectivity index (χ0) is 14.8. The summed E-state index contributed by atoms with van der Waals surface area (Å²) in [6, 6.07) is 11.4. The van der Waals surface area contributed by atoms with Crippen LogP contribution in [0.2, 0.25) is 0 Å². The lowest BCUT2D eigenvalue weighted by molar-refractivity contribution is 0.685. The van der Waals surface area contributed by atoms with Gasteiger partial charge in [0.25, 0.3) is 0 Å². The van der Waals surface area contributed by atoms with Crippen molar-refractivity contribution in [3.8, 4) is 0 Å². The number of nitrogens with zero attached hydrogens (tertiary/aromatic N) is 2. The molecule has 3 rings (SSSR count). The highest BCUT2D eigenvalue weighted by atomic mass is 79.9. The molecule has 2 aromatic rings. The Morgan fingerprint density at radius 3 is 2.86 bits per heavy atom. The molecule has 1 aliphatic carbocycles. The third-order valence-electron chi connectivity index (χ3n) is 3.77. The summed E-state index contributed by atoms with van der Waals surface area (Å²) >= 11 is 3.53. The Morgan fingerprint density at radius 2 is 2.14 bits per heavy atom. The SMILES string of the molecule is Cc1cccc(N(C)c2ncc(Br)cc2CNC2CC2)c1. The molecule has 1 saturated carbocycles. The van der Waals surface area contributed by atoms with Crippen molar-refractivity contribution in [3.63, 3.8) is 0 Å². The smallest absolute Gasteiger partial charge is 0.137 e. The Morgan fingerprint density at radius 1 is 1.33 bits per heavy atom. The molecule has 0 atom stereocenters. The minimum absolute atomic E-state index is 0.695. The molecule has 3 nitrogen and oxygen atoms in total. The molecule has 1 aromatic heterocycles. The number of aryl methyl sites for hydroxylation is 1. The van der Waals surface area contributed by atoms with Crippen LogP contribution in [0.25, 0.3) is 0 Å². The summed E-state index contributed by atoms with van der Waals surface area (Å²) in [5, 5.41) is 3.57. The topological polar surface area (TPSA) is 28.2 Å². The minimum atomic E-state index is 0.695. The van der Waals surface area contributed by atoms with Crippen LogP contribution in [0.5, 0.6) is 0 Å². The summed E-state index contributed by atoms with van der Waals surface area (Å²) in [5.41, 5.74) is 3.65. The molecule has 0 aliphatic heterocycles. The average molecular weight is 346 g/mol. The minimum Gasteiger partial charge on any atom is -0.329 e. The van der Waals surface area contributed by atoms with Gasteiger partial charge in [-0.25, -0.2) is 4.98 Å². The Labute approximate surface area is 134 Å². The van der Waals surface area contributed by atoms with Gasteiger partial charge in [0, 0.05) is 41.6 Å². The normalized spacial score (nSPS) is 14.2. The number of benzene rings is 1. The van der Waals surface area contributed by atoms with Crippen LogP contribution in [0.1, 0.15) is 24.0 Å². The fraction of sp³-hybridized carbons (Fsp3) is 0.353. The van der Waals surface area contributed by atoms with Crippen molar-refractivity contribution in [3.05, 3.63) is 52.1 Å². The average Bonchev–Trinajstić information content (AvgIpc) is 3.29. The Bertz CT molecular complexity index is 638. The lowest BCUT2D eigenvalue weighted by atomic mass is 10.2. The van der Waals surface area contributed by atoms with Crippen molar-refractivity contribution >= 4 is 27.4 Å². The molecule has 1 fully saturated rings. The van der Waals surface area contributed by atoms with E-state index < -0.39 is 0 Å². The first kappa shape index (κ1) is 14.5. The molecule has 0 amide bonds. The molecule has 1 aromatic carbocycles. The maximum Gasteiger partial charge on any atom is 0.137 e. The van der Waals surface area contributed by atoms with Gasteiger partial charge in [0.05, 0.1) is 0 Å². The molecule has 21 heavy (non-hydrogen) atoms. The van der Waals surface area contributed by atoms with Crippen LogP contribution >= 0.6 is 15.9 Å². The van der Waals surface area contributed by atoms with E-state index in [1.54, 1.807) is 0 Å². The number of pyridine rings is 1. The van der Waals surface area contributed by atoms with Crippen molar-refractivity contribution in [1.29, 1.82) is 0 Å². The molecule has 0 bridgehead atoms. The van der Waals surface area contributed by atoms with Gasteiger partial charge in [-0.2, -0.15) is 0 Å². The zero-order valence-corrected chi connectivity index (χ0v) is 14.0. The first-order valence-electron chi connectivity index (χ1n) is 7.31. The van der Waals surface area contributed by atoms with E-state index in [9.17, 15) is 0 Å². The van der Waals surface area contributed by atoms with E-state index in [1.807, 2.05) is 6.20 Å². The van der Waals surface area contributed by atoms with Gasteiger partial charge in [0.2, 0.25) is 0 Å². The second kappa shape index (κ2) is 6.16. The zero-order valence-electron chi connectivity index (χ0n) is 12.4. The molecule has 0 radical (unpaired) electrons. The maximum atomic E-state index is 4.62. The third kappa shape index (κ3) is 3.63.